The second kappa shape index (κ2) is 3.71. The first-order chi connectivity index (χ1) is 8.00. The Balaban J connectivity index is 2.72. The summed E-state index contributed by atoms with van der Waals surface area (Å²) in [5, 5.41) is 0. The summed E-state index contributed by atoms with van der Waals surface area (Å²) in [5.41, 5.74) is 0.933. The SMILES string of the molecule is [2H]c1nc([2H])c(-c2cccc(Br)c2)c([2H])c1[2H]. The predicted molar refractivity (Wildman–Crippen MR) is 57.4 cm³/mol. The summed E-state index contributed by atoms with van der Waals surface area (Å²) < 4.78 is 31.2. The van der Waals surface area contributed by atoms with Crippen LogP contribution >= 0.6 is 15.9 Å². The van der Waals surface area contributed by atoms with Gasteiger partial charge in [-0.1, -0.05) is 34.1 Å². The smallest absolute Gasteiger partial charge is 0.0847 e. The van der Waals surface area contributed by atoms with Gasteiger partial charge in [0.1, 0.15) is 0 Å². The number of nitrogens with zero attached hydrogens (tertiary/aromatic N) is 1. The Morgan fingerprint density at radius 2 is 2.23 bits per heavy atom. The number of aromatic nitrogens is 1. The van der Waals surface area contributed by atoms with E-state index in [1.54, 1.807) is 18.2 Å². The van der Waals surface area contributed by atoms with Crippen molar-refractivity contribution in [3.05, 3.63) is 53.2 Å². The van der Waals surface area contributed by atoms with Gasteiger partial charge in [0.2, 0.25) is 0 Å². The minimum absolute atomic E-state index is 0.131. The molecule has 0 amide bonds. The van der Waals surface area contributed by atoms with Crippen molar-refractivity contribution >= 4 is 15.9 Å². The quantitative estimate of drug-likeness (QED) is 0.740. The van der Waals surface area contributed by atoms with Gasteiger partial charge in [-0.15, -0.1) is 0 Å². The Morgan fingerprint density at radius 1 is 1.31 bits per heavy atom. The van der Waals surface area contributed by atoms with Gasteiger partial charge >= 0.3 is 0 Å². The molecule has 2 heteroatoms. The van der Waals surface area contributed by atoms with Gasteiger partial charge in [-0.25, -0.2) is 0 Å². The largest absolute Gasteiger partial charge is 0.264 e. The lowest BCUT2D eigenvalue weighted by Crippen LogP contribution is -1.78. The second-order valence-electron chi connectivity index (χ2n) is 2.47. The van der Waals surface area contributed by atoms with E-state index in [2.05, 4.69) is 20.9 Å². The first-order valence-corrected chi connectivity index (χ1v) is 4.50. The van der Waals surface area contributed by atoms with Crippen molar-refractivity contribution in [1.82, 2.24) is 4.98 Å². The third-order valence-electron chi connectivity index (χ3n) is 1.58. The average Bonchev–Trinajstić information content (AvgIpc) is 2.26. The summed E-state index contributed by atoms with van der Waals surface area (Å²) in [4.78, 5) is 3.65. The summed E-state index contributed by atoms with van der Waals surface area (Å²) in [6, 6.07) is 6.75. The first kappa shape index (κ1) is 4.91. The van der Waals surface area contributed by atoms with Gasteiger partial charge in [0.15, 0.2) is 0 Å². The summed E-state index contributed by atoms with van der Waals surface area (Å²) in [7, 11) is 0. The summed E-state index contributed by atoms with van der Waals surface area (Å²) in [6.07, 6.45) is -0.479. The number of pyridine rings is 1. The normalized spacial score (nSPS) is 14.2. The van der Waals surface area contributed by atoms with E-state index in [0.29, 0.717) is 5.56 Å². The molecular weight excluding hydrogens is 226 g/mol. The molecule has 1 heterocycles. The van der Waals surface area contributed by atoms with E-state index in [-0.39, 0.29) is 30.0 Å². The highest BCUT2D eigenvalue weighted by Crippen LogP contribution is 2.21. The fourth-order valence-corrected chi connectivity index (χ4v) is 1.41. The Hall–Kier alpha value is -1.15. The molecule has 64 valence electrons. The van der Waals surface area contributed by atoms with Crippen LogP contribution in [0, 0.1) is 0 Å². The van der Waals surface area contributed by atoms with Crippen LogP contribution in [0.4, 0.5) is 0 Å². The maximum Gasteiger partial charge on any atom is 0.0847 e. The van der Waals surface area contributed by atoms with E-state index in [4.69, 9.17) is 5.48 Å². The van der Waals surface area contributed by atoms with Crippen LogP contribution in [0.3, 0.4) is 0 Å². The van der Waals surface area contributed by atoms with E-state index in [1.807, 2.05) is 6.07 Å². The van der Waals surface area contributed by atoms with Crippen molar-refractivity contribution in [1.29, 1.82) is 0 Å². The van der Waals surface area contributed by atoms with Gasteiger partial charge in [0, 0.05) is 22.4 Å². The molecule has 0 radical (unpaired) electrons. The van der Waals surface area contributed by atoms with Crippen molar-refractivity contribution in [3.63, 3.8) is 0 Å². The van der Waals surface area contributed by atoms with Crippen molar-refractivity contribution < 1.29 is 5.48 Å². The van der Waals surface area contributed by atoms with Gasteiger partial charge in [0.25, 0.3) is 0 Å². The zero-order valence-electron chi connectivity index (χ0n) is 10.6. The average molecular weight is 238 g/mol. The van der Waals surface area contributed by atoms with E-state index < -0.39 is 0 Å². The highest BCUT2D eigenvalue weighted by molar-refractivity contribution is 9.10. The van der Waals surface area contributed by atoms with E-state index >= 15 is 0 Å². The Bertz CT molecular complexity index is 586. The zero-order chi connectivity index (χ0) is 12.6. The highest BCUT2D eigenvalue weighted by atomic mass is 79.9. The zero-order valence-corrected chi connectivity index (χ0v) is 8.22. The van der Waals surface area contributed by atoms with Crippen LogP contribution in [0.5, 0.6) is 0 Å². The molecule has 0 fully saturated rings. The minimum Gasteiger partial charge on any atom is -0.264 e. The molecule has 0 saturated heterocycles. The van der Waals surface area contributed by atoms with Gasteiger partial charge < -0.3 is 0 Å². The molecular formula is C11H8BrN. The Labute approximate surface area is 91.2 Å². The fraction of sp³-hybridized carbons (Fsp3) is 0. The molecule has 0 atom stereocenters. The summed E-state index contributed by atoms with van der Waals surface area (Å²) in [5.74, 6) is 0. The molecule has 0 unspecified atom stereocenters. The summed E-state index contributed by atoms with van der Waals surface area (Å²) in [6.45, 7) is 0. The monoisotopic (exact) mass is 237 g/mol. The maximum atomic E-state index is 7.80. The number of halogens is 1. The molecule has 2 aromatic rings. The minimum atomic E-state index is -0.334. The number of rotatable bonds is 1. The number of hydrogen-bond acceptors (Lipinski definition) is 1. The topological polar surface area (TPSA) is 12.9 Å². The third-order valence-corrected chi connectivity index (χ3v) is 2.07. The van der Waals surface area contributed by atoms with Gasteiger partial charge in [-0.05, 0) is 23.7 Å². The third kappa shape index (κ3) is 1.95. The summed E-state index contributed by atoms with van der Waals surface area (Å²) >= 11 is 3.31. The van der Waals surface area contributed by atoms with Crippen LogP contribution in [0.25, 0.3) is 11.1 Å². The van der Waals surface area contributed by atoms with Crippen molar-refractivity contribution in [2.45, 2.75) is 0 Å². The van der Waals surface area contributed by atoms with Crippen LogP contribution in [0.2, 0.25) is 0 Å². The van der Waals surface area contributed by atoms with Crippen molar-refractivity contribution in [2.24, 2.45) is 0 Å². The molecule has 1 aromatic carbocycles. The standard InChI is InChI=1S/C11H8BrN/c12-11-5-1-3-9(7-11)10-4-2-6-13-8-10/h1-8H/i2D,4D,6D,8D. The lowest BCUT2D eigenvalue weighted by Gasteiger charge is -2.00. The van der Waals surface area contributed by atoms with Crippen LogP contribution < -0.4 is 0 Å². The molecule has 0 spiro atoms. The molecule has 0 bridgehead atoms. The van der Waals surface area contributed by atoms with Crippen LogP contribution in [-0.4, -0.2) is 4.98 Å². The Kier molecular flexibility index (Phi) is 1.40. The molecule has 0 aliphatic heterocycles. The lowest BCUT2D eigenvalue weighted by molar-refractivity contribution is 1.33. The van der Waals surface area contributed by atoms with E-state index in [0.717, 1.165) is 4.47 Å². The predicted octanol–water partition coefficient (Wildman–Crippen LogP) is 3.51. The molecule has 0 N–H and O–H groups in total. The van der Waals surface area contributed by atoms with Gasteiger partial charge in [-0.2, -0.15) is 0 Å². The van der Waals surface area contributed by atoms with E-state index in [1.165, 1.54) is 0 Å². The van der Waals surface area contributed by atoms with Gasteiger partial charge in [-0.3, -0.25) is 4.98 Å². The molecule has 13 heavy (non-hydrogen) atoms. The molecule has 0 aliphatic rings. The van der Waals surface area contributed by atoms with Crippen molar-refractivity contribution in [2.75, 3.05) is 0 Å². The maximum absolute atomic E-state index is 7.80. The molecule has 2 rings (SSSR count). The van der Waals surface area contributed by atoms with Crippen LogP contribution in [-0.2, 0) is 0 Å². The molecule has 0 saturated carbocycles. The highest BCUT2D eigenvalue weighted by Gasteiger charge is 1.96. The number of hydrogen-bond donors (Lipinski definition) is 0. The van der Waals surface area contributed by atoms with Gasteiger partial charge in [0.05, 0.1) is 5.48 Å². The second-order valence-corrected chi connectivity index (χ2v) is 3.39. The fourth-order valence-electron chi connectivity index (χ4n) is 1.01. The molecule has 1 aromatic heterocycles. The number of benzene rings is 1. The van der Waals surface area contributed by atoms with Crippen molar-refractivity contribution in [3.8, 4) is 11.1 Å². The van der Waals surface area contributed by atoms with Crippen LogP contribution in [0.1, 0.15) is 5.48 Å². The van der Waals surface area contributed by atoms with E-state index in [9.17, 15) is 0 Å². The van der Waals surface area contributed by atoms with Crippen LogP contribution in [0.15, 0.2) is 53.2 Å². The first-order valence-electron chi connectivity index (χ1n) is 5.71. The molecule has 1 nitrogen and oxygen atoms in total. The Morgan fingerprint density at radius 3 is 3.08 bits per heavy atom. The lowest BCUT2D eigenvalue weighted by atomic mass is 10.1. The molecule has 0 aliphatic carbocycles.